The fraction of sp³-hybridized carbons (Fsp3) is 0.462. The number of hydrogen-bond donors (Lipinski definition) is 0. The van der Waals surface area contributed by atoms with Gasteiger partial charge in [-0.3, -0.25) is 0 Å². The molecule has 2 nitrogen and oxygen atoms in total. The maximum atomic E-state index is 8.78. The van der Waals surface area contributed by atoms with Gasteiger partial charge in [-0.1, -0.05) is 20.3 Å². The molecule has 0 N–H and O–H groups in total. The maximum absolute atomic E-state index is 8.78. The molecule has 0 heterocycles. The molecule has 0 saturated heterocycles. The van der Waals surface area contributed by atoms with Crippen LogP contribution >= 0.6 is 15.9 Å². The van der Waals surface area contributed by atoms with E-state index in [9.17, 15) is 0 Å². The number of benzene rings is 1. The molecule has 16 heavy (non-hydrogen) atoms. The number of hydrogen-bond acceptors (Lipinski definition) is 2. The van der Waals surface area contributed by atoms with Crippen molar-refractivity contribution < 1.29 is 4.74 Å². The summed E-state index contributed by atoms with van der Waals surface area (Å²) in [6.45, 7) is 5.09. The van der Waals surface area contributed by atoms with Crippen molar-refractivity contribution >= 4 is 15.9 Å². The van der Waals surface area contributed by atoms with E-state index in [-0.39, 0.29) is 0 Å². The zero-order valence-electron chi connectivity index (χ0n) is 9.66. The van der Waals surface area contributed by atoms with Crippen LogP contribution in [0.5, 0.6) is 5.75 Å². The van der Waals surface area contributed by atoms with E-state index in [2.05, 4.69) is 35.8 Å². The Hall–Kier alpha value is -1.01. The normalized spacial score (nSPS) is 11.9. The Kier molecular flexibility index (Phi) is 5.34. The Labute approximate surface area is 105 Å². The molecule has 0 amide bonds. The lowest BCUT2D eigenvalue weighted by Gasteiger charge is -2.12. The third-order valence-corrected chi connectivity index (χ3v) is 3.03. The highest BCUT2D eigenvalue weighted by atomic mass is 79.9. The first kappa shape index (κ1) is 13.1. The van der Waals surface area contributed by atoms with Crippen molar-refractivity contribution in [1.82, 2.24) is 0 Å². The summed E-state index contributed by atoms with van der Waals surface area (Å²) in [7, 11) is 0. The molecular weight excluding hydrogens is 266 g/mol. The van der Waals surface area contributed by atoms with Gasteiger partial charge in [-0.15, -0.1) is 0 Å². The summed E-state index contributed by atoms with van der Waals surface area (Å²) in [5.41, 5.74) is 0.633. The Morgan fingerprint density at radius 3 is 2.81 bits per heavy atom. The van der Waals surface area contributed by atoms with Crippen molar-refractivity contribution in [3.63, 3.8) is 0 Å². The van der Waals surface area contributed by atoms with Crippen LogP contribution in [0.2, 0.25) is 0 Å². The van der Waals surface area contributed by atoms with E-state index >= 15 is 0 Å². The van der Waals surface area contributed by atoms with Gasteiger partial charge >= 0.3 is 0 Å². The van der Waals surface area contributed by atoms with Gasteiger partial charge in [-0.25, -0.2) is 0 Å². The Morgan fingerprint density at radius 2 is 2.25 bits per heavy atom. The third-order valence-electron chi connectivity index (χ3n) is 2.38. The quantitative estimate of drug-likeness (QED) is 0.813. The monoisotopic (exact) mass is 281 g/mol. The summed E-state index contributed by atoms with van der Waals surface area (Å²) in [4.78, 5) is 0. The molecular formula is C13H16BrNO. The molecule has 0 spiro atoms. The molecule has 1 rings (SSSR count). The molecule has 1 atom stereocenters. The molecule has 0 aliphatic carbocycles. The van der Waals surface area contributed by atoms with Crippen molar-refractivity contribution in [3.8, 4) is 11.8 Å². The van der Waals surface area contributed by atoms with Crippen LogP contribution in [0, 0.1) is 17.2 Å². The highest BCUT2D eigenvalue weighted by Gasteiger charge is 2.04. The second kappa shape index (κ2) is 6.55. The SMILES string of the molecule is CCCC(C)COc1ccc(C#N)c(Br)c1. The number of nitriles is 1. The molecule has 0 aliphatic heterocycles. The van der Waals surface area contributed by atoms with Crippen LogP contribution in [0.25, 0.3) is 0 Å². The smallest absolute Gasteiger partial charge is 0.120 e. The predicted molar refractivity (Wildman–Crippen MR) is 68.4 cm³/mol. The van der Waals surface area contributed by atoms with Crippen LogP contribution in [0.15, 0.2) is 22.7 Å². The molecule has 0 fully saturated rings. The topological polar surface area (TPSA) is 33.0 Å². The van der Waals surface area contributed by atoms with Crippen molar-refractivity contribution in [2.24, 2.45) is 5.92 Å². The fourth-order valence-corrected chi connectivity index (χ4v) is 1.94. The third kappa shape index (κ3) is 3.86. The first-order valence-electron chi connectivity index (χ1n) is 5.49. The lowest BCUT2D eigenvalue weighted by molar-refractivity contribution is 0.251. The second-order valence-corrected chi connectivity index (χ2v) is 4.81. The van der Waals surface area contributed by atoms with Gasteiger partial charge in [-0.2, -0.15) is 5.26 Å². The minimum absolute atomic E-state index is 0.569. The maximum Gasteiger partial charge on any atom is 0.120 e. The summed E-state index contributed by atoms with van der Waals surface area (Å²) < 4.78 is 6.45. The highest BCUT2D eigenvalue weighted by molar-refractivity contribution is 9.10. The minimum atomic E-state index is 0.569. The summed E-state index contributed by atoms with van der Waals surface area (Å²) in [5.74, 6) is 1.38. The van der Waals surface area contributed by atoms with Crippen LogP contribution in [-0.4, -0.2) is 6.61 Å². The highest BCUT2D eigenvalue weighted by Crippen LogP contribution is 2.23. The first-order chi connectivity index (χ1) is 7.67. The van der Waals surface area contributed by atoms with Crippen molar-refractivity contribution in [1.29, 1.82) is 5.26 Å². The van der Waals surface area contributed by atoms with Gasteiger partial charge in [0.25, 0.3) is 0 Å². The van der Waals surface area contributed by atoms with Crippen molar-refractivity contribution in [3.05, 3.63) is 28.2 Å². The van der Waals surface area contributed by atoms with E-state index in [0.29, 0.717) is 11.5 Å². The average Bonchev–Trinajstić information content (AvgIpc) is 2.27. The zero-order chi connectivity index (χ0) is 12.0. The number of rotatable bonds is 5. The van der Waals surface area contributed by atoms with Gasteiger partial charge in [0, 0.05) is 4.47 Å². The summed E-state index contributed by atoms with van der Waals surface area (Å²) in [5, 5.41) is 8.78. The van der Waals surface area contributed by atoms with Gasteiger partial charge < -0.3 is 4.74 Å². The predicted octanol–water partition coefficient (Wildman–Crippen LogP) is 4.14. The lowest BCUT2D eigenvalue weighted by Crippen LogP contribution is -2.08. The van der Waals surface area contributed by atoms with Crippen LogP contribution in [-0.2, 0) is 0 Å². The molecule has 86 valence electrons. The zero-order valence-corrected chi connectivity index (χ0v) is 11.3. The van der Waals surface area contributed by atoms with Gasteiger partial charge in [0.15, 0.2) is 0 Å². The van der Waals surface area contributed by atoms with Crippen LogP contribution < -0.4 is 4.74 Å². The van der Waals surface area contributed by atoms with E-state index in [1.807, 2.05) is 12.1 Å². The van der Waals surface area contributed by atoms with E-state index in [1.54, 1.807) is 6.07 Å². The molecule has 3 heteroatoms. The van der Waals surface area contributed by atoms with Crippen molar-refractivity contribution in [2.75, 3.05) is 6.61 Å². The summed E-state index contributed by atoms with van der Waals surface area (Å²) in [6.07, 6.45) is 2.36. The standard InChI is InChI=1S/C13H16BrNO/c1-3-4-10(2)9-16-12-6-5-11(8-15)13(14)7-12/h5-7,10H,3-4,9H2,1-2H3. The molecule has 1 aromatic rings. The molecule has 0 aromatic heterocycles. The van der Waals surface area contributed by atoms with E-state index in [1.165, 1.54) is 12.8 Å². The lowest BCUT2D eigenvalue weighted by atomic mass is 10.1. The minimum Gasteiger partial charge on any atom is -0.493 e. The Morgan fingerprint density at radius 1 is 1.50 bits per heavy atom. The fourth-order valence-electron chi connectivity index (χ4n) is 1.49. The van der Waals surface area contributed by atoms with Gasteiger partial charge in [0.2, 0.25) is 0 Å². The largest absolute Gasteiger partial charge is 0.493 e. The van der Waals surface area contributed by atoms with Crippen LogP contribution in [0.4, 0.5) is 0 Å². The Balaban J connectivity index is 2.56. The van der Waals surface area contributed by atoms with E-state index in [4.69, 9.17) is 10.00 Å². The first-order valence-corrected chi connectivity index (χ1v) is 6.29. The van der Waals surface area contributed by atoms with Gasteiger partial charge in [0.05, 0.1) is 12.2 Å². The number of ether oxygens (including phenoxy) is 1. The molecule has 1 unspecified atom stereocenters. The van der Waals surface area contributed by atoms with E-state index in [0.717, 1.165) is 16.8 Å². The summed E-state index contributed by atoms with van der Waals surface area (Å²) >= 11 is 3.34. The molecule has 0 aliphatic rings. The number of halogens is 1. The van der Waals surface area contributed by atoms with Gasteiger partial charge in [0.1, 0.15) is 11.8 Å². The molecule has 0 saturated carbocycles. The molecule has 1 aromatic carbocycles. The van der Waals surface area contributed by atoms with Gasteiger partial charge in [-0.05, 0) is 46.5 Å². The van der Waals surface area contributed by atoms with Crippen molar-refractivity contribution in [2.45, 2.75) is 26.7 Å². The summed E-state index contributed by atoms with van der Waals surface area (Å²) in [6, 6.07) is 7.55. The second-order valence-electron chi connectivity index (χ2n) is 3.96. The number of nitrogens with zero attached hydrogens (tertiary/aromatic N) is 1. The molecule has 0 radical (unpaired) electrons. The van der Waals surface area contributed by atoms with Crippen LogP contribution in [0.3, 0.4) is 0 Å². The Bertz CT molecular complexity index is 384. The van der Waals surface area contributed by atoms with E-state index < -0.39 is 0 Å². The van der Waals surface area contributed by atoms with Crippen LogP contribution in [0.1, 0.15) is 32.3 Å². The molecule has 0 bridgehead atoms. The average molecular weight is 282 g/mol.